The van der Waals surface area contributed by atoms with Gasteiger partial charge in [0.05, 0.1) is 18.4 Å². The van der Waals surface area contributed by atoms with Gasteiger partial charge in [0.15, 0.2) is 0 Å². The predicted octanol–water partition coefficient (Wildman–Crippen LogP) is 3.42. The first-order valence-electron chi connectivity index (χ1n) is 5.61. The molecule has 1 aromatic carbocycles. The van der Waals surface area contributed by atoms with Crippen LogP contribution in [-0.4, -0.2) is 24.8 Å². The van der Waals surface area contributed by atoms with Gasteiger partial charge >= 0.3 is 12.1 Å². The van der Waals surface area contributed by atoms with Crippen LogP contribution in [0, 0.1) is 3.57 Å². The number of esters is 1. The third kappa shape index (κ3) is 5.06. The van der Waals surface area contributed by atoms with Crippen molar-refractivity contribution in [3.63, 3.8) is 0 Å². The van der Waals surface area contributed by atoms with Gasteiger partial charge in [0.1, 0.15) is 5.60 Å². The molecule has 0 radical (unpaired) electrons. The molecule has 0 unspecified atom stereocenters. The minimum absolute atomic E-state index is 0.292. The molecule has 0 heterocycles. The van der Waals surface area contributed by atoms with Crippen LogP contribution in [0.2, 0.25) is 0 Å². The van der Waals surface area contributed by atoms with Crippen LogP contribution >= 0.6 is 22.6 Å². The molecule has 0 aliphatic rings. The van der Waals surface area contributed by atoms with Gasteiger partial charge < -0.3 is 9.47 Å². The highest BCUT2D eigenvalue weighted by Gasteiger charge is 2.19. The number of anilines is 1. The molecule has 0 aliphatic carbocycles. The first kappa shape index (κ1) is 15.7. The first-order chi connectivity index (χ1) is 8.73. The van der Waals surface area contributed by atoms with Gasteiger partial charge in [-0.2, -0.15) is 0 Å². The third-order valence-electron chi connectivity index (χ3n) is 2.02. The number of nitrogens with one attached hydrogen (secondary N) is 1. The van der Waals surface area contributed by atoms with Crippen LogP contribution in [0.4, 0.5) is 10.5 Å². The third-order valence-corrected chi connectivity index (χ3v) is 2.69. The second-order valence-electron chi connectivity index (χ2n) is 4.81. The van der Waals surface area contributed by atoms with E-state index in [1.165, 1.54) is 7.11 Å². The summed E-state index contributed by atoms with van der Waals surface area (Å²) in [6.45, 7) is 5.30. The van der Waals surface area contributed by atoms with Crippen LogP contribution in [0.1, 0.15) is 31.1 Å². The number of hydrogen-bond acceptors (Lipinski definition) is 4. The van der Waals surface area contributed by atoms with Gasteiger partial charge in [-0.05, 0) is 61.6 Å². The molecule has 1 amide bonds. The highest BCUT2D eigenvalue weighted by atomic mass is 127. The van der Waals surface area contributed by atoms with Crippen LogP contribution in [0.25, 0.3) is 0 Å². The smallest absolute Gasteiger partial charge is 0.412 e. The molecular weight excluding hydrogens is 361 g/mol. The highest BCUT2D eigenvalue weighted by Crippen LogP contribution is 2.20. The normalized spacial score (nSPS) is 10.8. The van der Waals surface area contributed by atoms with Crippen molar-refractivity contribution in [3.8, 4) is 0 Å². The van der Waals surface area contributed by atoms with E-state index in [9.17, 15) is 9.59 Å². The Morgan fingerprint density at radius 3 is 2.42 bits per heavy atom. The van der Waals surface area contributed by atoms with E-state index in [1.807, 2.05) is 0 Å². The molecule has 1 N–H and O–H groups in total. The molecule has 0 saturated carbocycles. The van der Waals surface area contributed by atoms with Crippen LogP contribution in [-0.2, 0) is 9.47 Å². The predicted molar refractivity (Wildman–Crippen MR) is 80.4 cm³/mol. The van der Waals surface area contributed by atoms with E-state index in [2.05, 4.69) is 32.6 Å². The number of halogens is 1. The maximum atomic E-state index is 11.7. The summed E-state index contributed by atoms with van der Waals surface area (Å²) in [6, 6.07) is 5.05. The molecule has 0 fully saturated rings. The van der Waals surface area contributed by atoms with Crippen LogP contribution < -0.4 is 5.32 Å². The van der Waals surface area contributed by atoms with Gasteiger partial charge in [-0.25, -0.2) is 9.59 Å². The maximum absolute atomic E-state index is 11.7. The van der Waals surface area contributed by atoms with Crippen LogP contribution in [0.5, 0.6) is 0 Å². The zero-order valence-electron chi connectivity index (χ0n) is 11.2. The summed E-state index contributed by atoms with van der Waals surface area (Å²) in [7, 11) is 1.29. The Labute approximate surface area is 125 Å². The van der Waals surface area contributed by atoms with E-state index in [-0.39, 0.29) is 0 Å². The average Bonchev–Trinajstić information content (AvgIpc) is 2.28. The van der Waals surface area contributed by atoms with Crippen molar-refractivity contribution in [2.24, 2.45) is 0 Å². The number of amides is 1. The lowest BCUT2D eigenvalue weighted by molar-refractivity contribution is 0.0602. The summed E-state index contributed by atoms with van der Waals surface area (Å²) >= 11 is 2.08. The summed E-state index contributed by atoms with van der Waals surface area (Å²) in [6.07, 6.45) is -0.612. The lowest BCUT2D eigenvalue weighted by Gasteiger charge is -2.20. The minimum atomic E-state index is -0.612. The van der Waals surface area contributed by atoms with E-state index in [0.717, 1.165) is 3.57 Å². The fraction of sp³-hybridized carbons (Fsp3) is 0.385. The summed E-state index contributed by atoms with van der Waals surface area (Å²) in [5, 5.41) is 2.54. The van der Waals surface area contributed by atoms with Gasteiger partial charge in [-0.15, -0.1) is 0 Å². The Hall–Kier alpha value is -1.31. The quantitative estimate of drug-likeness (QED) is 0.634. The van der Waals surface area contributed by atoms with Crippen LogP contribution in [0.15, 0.2) is 18.2 Å². The number of carbonyl (C=O) groups excluding carboxylic acids is 2. The van der Waals surface area contributed by atoms with Crippen molar-refractivity contribution in [1.29, 1.82) is 0 Å². The lowest BCUT2D eigenvalue weighted by atomic mass is 10.2. The number of ether oxygens (including phenoxy) is 2. The number of benzene rings is 1. The van der Waals surface area contributed by atoms with Crippen LogP contribution in [0.3, 0.4) is 0 Å². The molecule has 5 nitrogen and oxygen atoms in total. The number of hydrogen-bond donors (Lipinski definition) is 1. The second-order valence-corrected chi connectivity index (χ2v) is 6.05. The Morgan fingerprint density at radius 2 is 1.89 bits per heavy atom. The van der Waals surface area contributed by atoms with Gasteiger partial charge in [0, 0.05) is 3.57 Å². The summed E-state index contributed by atoms with van der Waals surface area (Å²) in [4.78, 5) is 23.3. The zero-order valence-corrected chi connectivity index (χ0v) is 13.4. The van der Waals surface area contributed by atoms with Gasteiger partial charge in [-0.3, -0.25) is 5.32 Å². The fourth-order valence-electron chi connectivity index (χ4n) is 1.32. The van der Waals surface area contributed by atoms with Crippen molar-refractivity contribution >= 4 is 40.3 Å². The number of rotatable bonds is 2. The molecule has 0 aliphatic heterocycles. The highest BCUT2D eigenvalue weighted by molar-refractivity contribution is 14.1. The summed E-state index contributed by atoms with van der Waals surface area (Å²) in [5.74, 6) is -0.510. The van der Waals surface area contributed by atoms with E-state index in [4.69, 9.17) is 4.74 Å². The second kappa shape index (κ2) is 6.23. The van der Waals surface area contributed by atoms with Crippen molar-refractivity contribution in [1.82, 2.24) is 0 Å². The first-order valence-corrected chi connectivity index (χ1v) is 6.68. The number of carbonyl (C=O) groups is 2. The fourth-order valence-corrected chi connectivity index (χ4v) is 1.81. The molecule has 1 aromatic rings. The van der Waals surface area contributed by atoms with Crippen molar-refractivity contribution in [2.75, 3.05) is 12.4 Å². The van der Waals surface area contributed by atoms with Gasteiger partial charge in [0.2, 0.25) is 0 Å². The van der Waals surface area contributed by atoms with Crippen molar-refractivity contribution in [2.45, 2.75) is 26.4 Å². The van der Waals surface area contributed by atoms with E-state index in [1.54, 1.807) is 39.0 Å². The minimum Gasteiger partial charge on any atom is -0.465 e. The van der Waals surface area contributed by atoms with E-state index in [0.29, 0.717) is 11.3 Å². The zero-order chi connectivity index (χ0) is 14.6. The monoisotopic (exact) mass is 377 g/mol. The summed E-state index contributed by atoms with van der Waals surface area (Å²) < 4.78 is 10.7. The topological polar surface area (TPSA) is 64.6 Å². The standard InChI is InChI=1S/C13H16INO4/c1-13(2,3)19-12(17)15-10-6-5-8(14)7-9(10)11(16)18-4/h5-7H,1-4H3,(H,15,17). The summed E-state index contributed by atoms with van der Waals surface area (Å²) in [5.41, 5.74) is 0.0559. The molecule has 0 atom stereocenters. The SMILES string of the molecule is COC(=O)c1cc(I)ccc1NC(=O)OC(C)(C)C. The number of methoxy groups -OCH3 is 1. The molecule has 0 saturated heterocycles. The maximum Gasteiger partial charge on any atom is 0.412 e. The Balaban J connectivity index is 2.95. The average molecular weight is 377 g/mol. The van der Waals surface area contributed by atoms with Gasteiger partial charge in [0.25, 0.3) is 0 Å². The molecular formula is C13H16INO4. The van der Waals surface area contributed by atoms with Gasteiger partial charge in [-0.1, -0.05) is 0 Å². The van der Waals surface area contributed by atoms with E-state index >= 15 is 0 Å². The van der Waals surface area contributed by atoms with Crippen molar-refractivity contribution < 1.29 is 19.1 Å². The lowest BCUT2D eigenvalue weighted by Crippen LogP contribution is -2.27. The Bertz CT molecular complexity index is 494. The van der Waals surface area contributed by atoms with E-state index < -0.39 is 17.7 Å². The molecule has 0 bridgehead atoms. The Kier molecular flexibility index (Phi) is 5.16. The molecule has 0 spiro atoms. The molecule has 104 valence electrons. The van der Waals surface area contributed by atoms with Crippen molar-refractivity contribution in [3.05, 3.63) is 27.3 Å². The Morgan fingerprint density at radius 1 is 1.26 bits per heavy atom. The molecule has 6 heteroatoms. The molecule has 19 heavy (non-hydrogen) atoms. The molecule has 1 rings (SSSR count). The molecule has 0 aromatic heterocycles. The largest absolute Gasteiger partial charge is 0.465 e.